The van der Waals surface area contributed by atoms with Crippen LogP contribution in [0.5, 0.6) is 0 Å². The molecule has 3 rings (SSSR count). The number of hydrogen-bond donors (Lipinski definition) is 1. The molecule has 1 aliphatic rings. The fraction of sp³-hybridized carbons (Fsp3) is 0.0588. The molecule has 1 aromatic carbocycles. The van der Waals surface area contributed by atoms with Crippen molar-refractivity contribution in [2.45, 2.75) is 0 Å². The van der Waals surface area contributed by atoms with E-state index in [1.165, 1.54) is 4.90 Å². The van der Waals surface area contributed by atoms with Gasteiger partial charge >= 0.3 is 0 Å². The third-order valence-corrected chi connectivity index (χ3v) is 4.04. The highest BCUT2D eigenvalue weighted by molar-refractivity contribution is 7.80. The first-order chi connectivity index (χ1) is 11.5. The number of benzene rings is 1. The molecule has 1 N–H and O–H groups in total. The zero-order chi connectivity index (χ0) is 17.3. The zero-order valence-corrected chi connectivity index (χ0v) is 14.3. The Bertz CT molecular complexity index is 860. The lowest BCUT2D eigenvalue weighted by Gasteiger charge is -2.28. The summed E-state index contributed by atoms with van der Waals surface area (Å²) in [5.41, 5.74) is 1.31. The van der Waals surface area contributed by atoms with E-state index in [1.807, 2.05) is 36.1 Å². The van der Waals surface area contributed by atoms with Gasteiger partial charge in [0.2, 0.25) is 0 Å². The first kappa shape index (κ1) is 16.3. The molecule has 0 aliphatic carbocycles. The number of anilines is 1. The second kappa shape index (κ2) is 6.51. The number of rotatable bonds is 2. The van der Waals surface area contributed by atoms with E-state index in [4.69, 9.17) is 23.8 Å². The average Bonchev–Trinajstić information content (AvgIpc) is 2.55. The SMILES string of the molecule is C[n+]1ccc(C=C2C(=O)NC(=S)N(c3ccc(Cl)cc3)C2=O)cc1. The quantitative estimate of drug-likeness (QED) is 0.386. The first-order valence-electron chi connectivity index (χ1n) is 7.08. The van der Waals surface area contributed by atoms with E-state index in [-0.39, 0.29) is 10.7 Å². The molecule has 24 heavy (non-hydrogen) atoms. The topological polar surface area (TPSA) is 53.3 Å². The molecular weight excluding hydrogens is 346 g/mol. The number of nitrogens with zero attached hydrogens (tertiary/aromatic N) is 2. The average molecular weight is 359 g/mol. The number of halogens is 1. The highest BCUT2D eigenvalue weighted by Gasteiger charge is 2.34. The van der Waals surface area contributed by atoms with Crippen molar-refractivity contribution >= 4 is 52.5 Å². The summed E-state index contributed by atoms with van der Waals surface area (Å²) in [5, 5.41) is 3.14. The number of aryl methyl sites for hydroxylation is 1. The summed E-state index contributed by atoms with van der Waals surface area (Å²) in [5.74, 6) is -0.984. The molecule has 2 heterocycles. The van der Waals surface area contributed by atoms with E-state index >= 15 is 0 Å². The van der Waals surface area contributed by atoms with Crippen LogP contribution in [0.25, 0.3) is 6.08 Å². The van der Waals surface area contributed by atoms with Crippen LogP contribution in [0.2, 0.25) is 5.02 Å². The summed E-state index contributed by atoms with van der Waals surface area (Å²) in [7, 11) is 1.89. The fourth-order valence-electron chi connectivity index (χ4n) is 2.26. The minimum absolute atomic E-state index is 0.0207. The lowest BCUT2D eigenvalue weighted by atomic mass is 10.1. The van der Waals surface area contributed by atoms with Crippen LogP contribution in [0.3, 0.4) is 0 Å². The van der Waals surface area contributed by atoms with Crippen molar-refractivity contribution in [3.63, 3.8) is 0 Å². The Balaban J connectivity index is 1.99. The number of nitrogens with one attached hydrogen (secondary N) is 1. The van der Waals surface area contributed by atoms with Crippen molar-refractivity contribution in [3.05, 3.63) is 65.0 Å². The second-order valence-electron chi connectivity index (χ2n) is 5.23. The molecule has 7 heteroatoms. The molecule has 2 aromatic rings. The number of amides is 2. The summed E-state index contributed by atoms with van der Waals surface area (Å²) < 4.78 is 1.86. The van der Waals surface area contributed by atoms with E-state index in [0.29, 0.717) is 10.7 Å². The minimum Gasteiger partial charge on any atom is -0.298 e. The summed E-state index contributed by atoms with van der Waals surface area (Å²) >= 11 is 11.0. The van der Waals surface area contributed by atoms with Gasteiger partial charge in [0, 0.05) is 17.2 Å². The maximum absolute atomic E-state index is 12.8. The summed E-state index contributed by atoms with van der Waals surface area (Å²) in [6.07, 6.45) is 5.21. The van der Waals surface area contributed by atoms with Crippen molar-refractivity contribution in [1.29, 1.82) is 0 Å². The van der Waals surface area contributed by atoms with Crippen LogP contribution in [-0.4, -0.2) is 16.9 Å². The van der Waals surface area contributed by atoms with Crippen LogP contribution in [-0.2, 0) is 16.6 Å². The number of hydrogen-bond acceptors (Lipinski definition) is 3. The van der Waals surface area contributed by atoms with Gasteiger partial charge in [-0.05, 0) is 48.1 Å². The molecule has 0 saturated carbocycles. The Hall–Kier alpha value is -2.57. The summed E-state index contributed by atoms with van der Waals surface area (Å²) in [4.78, 5) is 26.2. The first-order valence-corrected chi connectivity index (χ1v) is 7.86. The molecule has 0 radical (unpaired) electrons. The molecule has 1 aromatic heterocycles. The summed E-state index contributed by atoms with van der Waals surface area (Å²) in [6.45, 7) is 0. The largest absolute Gasteiger partial charge is 0.298 e. The molecule has 0 bridgehead atoms. The van der Waals surface area contributed by atoms with Gasteiger partial charge < -0.3 is 0 Å². The van der Waals surface area contributed by atoms with Crippen molar-refractivity contribution in [2.75, 3.05) is 4.90 Å². The number of aromatic nitrogens is 1. The van der Waals surface area contributed by atoms with Crippen LogP contribution in [0, 0.1) is 0 Å². The van der Waals surface area contributed by atoms with Gasteiger partial charge in [-0.1, -0.05) is 11.6 Å². The minimum atomic E-state index is -0.511. The molecule has 1 aliphatic heterocycles. The lowest BCUT2D eigenvalue weighted by Crippen LogP contribution is -2.54. The second-order valence-corrected chi connectivity index (χ2v) is 6.05. The van der Waals surface area contributed by atoms with E-state index in [9.17, 15) is 9.59 Å². The van der Waals surface area contributed by atoms with Crippen LogP contribution >= 0.6 is 23.8 Å². The highest BCUT2D eigenvalue weighted by Crippen LogP contribution is 2.23. The highest BCUT2D eigenvalue weighted by atomic mass is 35.5. The molecule has 0 atom stereocenters. The molecular formula is C17H13ClN3O2S+. The molecule has 120 valence electrons. The van der Waals surface area contributed by atoms with Gasteiger partial charge in [0.25, 0.3) is 11.8 Å². The van der Waals surface area contributed by atoms with Crippen molar-refractivity contribution < 1.29 is 14.2 Å². The molecule has 0 unspecified atom stereocenters. The van der Waals surface area contributed by atoms with Crippen LogP contribution in [0.1, 0.15) is 5.56 Å². The number of carbonyl (C=O) groups is 2. The van der Waals surface area contributed by atoms with E-state index in [2.05, 4.69) is 5.32 Å². The van der Waals surface area contributed by atoms with Gasteiger partial charge in [-0.15, -0.1) is 0 Å². The van der Waals surface area contributed by atoms with Crippen molar-refractivity contribution in [1.82, 2.24) is 5.32 Å². The number of thiocarbonyl (C=S) groups is 1. The fourth-order valence-corrected chi connectivity index (χ4v) is 2.66. The molecule has 1 fully saturated rings. The molecule has 0 spiro atoms. The van der Waals surface area contributed by atoms with Gasteiger partial charge in [0.15, 0.2) is 17.5 Å². The standard InChI is InChI=1S/C17H12ClN3O2S/c1-20-8-6-11(7-9-20)10-14-15(22)19-17(24)21(16(14)23)13-4-2-12(18)3-5-13/h2-10H,1H3/p+1. The van der Waals surface area contributed by atoms with Gasteiger partial charge in [-0.25, -0.2) is 4.57 Å². The monoisotopic (exact) mass is 358 g/mol. The van der Waals surface area contributed by atoms with E-state index in [0.717, 1.165) is 5.56 Å². The summed E-state index contributed by atoms with van der Waals surface area (Å²) in [6, 6.07) is 10.3. The third kappa shape index (κ3) is 3.20. The van der Waals surface area contributed by atoms with Gasteiger partial charge in [0.1, 0.15) is 12.6 Å². The maximum Gasteiger partial charge on any atom is 0.270 e. The molecule has 5 nitrogen and oxygen atoms in total. The molecule has 2 amide bonds. The van der Waals surface area contributed by atoms with Crippen molar-refractivity contribution in [2.24, 2.45) is 7.05 Å². The van der Waals surface area contributed by atoms with Gasteiger partial charge in [-0.3, -0.25) is 19.8 Å². The van der Waals surface area contributed by atoms with Crippen molar-refractivity contribution in [3.8, 4) is 0 Å². The Morgan fingerprint density at radius 3 is 2.38 bits per heavy atom. The van der Waals surface area contributed by atoms with Crippen LogP contribution in [0.4, 0.5) is 5.69 Å². The normalized spacial score (nSPS) is 16.5. The molecule has 1 saturated heterocycles. The number of carbonyl (C=O) groups excluding carboxylic acids is 2. The van der Waals surface area contributed by atoms with E-state index < -0.39 is 11.8 Å². The smallest absolute Gasteiger partial charge is 0.270 e. The Labute approximate surface area is 149 Å². The predicted octanol–water partition coefficient (Wildman–Crippen LogP) is 2.00. The Morgan fingerprint density at radius 1 is 1.12 bits per heavy atom. The van der Waals surface area contributed by atoms with Gasteiger partial charge in [0.05, 0.1) is 5.69 Å². The maximum atomic E-state index is 12.8. The number of pyridine rings is 1. The Morgan fingerprint density at radius 2 is 1.75 bits per heavy atom. The van der Waals surface area contributed by atoms with E-state index in [1.54, 1.807) is 30.3 Å². The van der Waals surface area contributed by atoms with Crippen LogP contribution in [0.15, 0.2) is 54.4 Å². The third-order valence-electron chi connectivity index (χ3n) is 3.50. The van der Waals surface area contributed by atoms with Gasteiger partial charge in [-0.2, -0.15) is 0 Å². The zero-order valence-electron chi connectivity index (χ0n) is 12.7. The lowest BCUT2D eigenvalue weighted by molar-refractivity contribution is -0.671. The Kier molecular flexibility index (Phi) is 4.42. The van der Waals surface area contributed by atoms with Crippen LogP contribution < -0.4 is 14.8 Å². The predicted molar refractivity (Wildman–Crippen MR) is 95.3 cm³/mol.